The molecule has 21 heavy (non-hydrogen) atoms. The molecule has 1 unspecified atom stereocenters. The molecule has 110 valence electrons. The minimum absolute atomic E-state index is 0.247. The normalized spacial score (nSPS) is 12.9. The molecule has 0 saturated carbocycles. The number of alkyl halides is 1. The van der Waals surface area contributed by atoms with E-state index in [0.29, 0.717) is 12.3 Å². The van der Waals surface area contributed by atoms with Crippen LogP contribution in [0.15, 0.2) is 29.8 Å². The van der Waals surface area contributed by atoms with Crippen molar-refractivity contribution < 1.29 is 4.39 Å². The average Bonchev–Trinajstić information content (AvgIpc) is 3.09. The van der Waals surface area contributed by atoms with E-state index >= 15 is 0 Å². The molecule has 1 atom stereocenters. The van der Waals surface area contributed by atoms with Gasteiger partial charge in [0, 0.05) is 36.3 Å². The molecule has 3 nitrogen and oxygen atoms in total. The van der Waals surface area contributed by atoms with E-state index in [1.807, 2.05) is 11.6 Å². The maximum absolute atomic E-state index is 13.5. The number of halogens is 2. The van der Waals surface area contributed by atoms with Crippen molar-refractivity contribution in [3.63, 3.8) is 0 Å². The highest BCUT2D eigenvalue weighted by Crippen LogP contribution is 2.24. The van der Waals surface area contributed by atoms with Crippen LogP contribution in [-0.2, 0) is 13.0 Å². The molecule has 1 aromatic carbocycles. The Hall–Kier alpha value is -1.46. The monoisotopic (exact) mass is 323 g/mol. The molecule has 0 saturated heterocycles. The highest BCUT2D eigenvalue weighted by atomic mass is 35.5. The second-order valence-corrected chi connectivity index (χ2v) is 6.29. The summed E-state index contributed by atoms with van der Waals surface area (Å²) >= 11 is 7.50. The smallest absolute Gasteiger partial charge is 0.125 e. The third kappa shape index (κ3) is 2.94. The van der Waals surface area contributed by atoms with Gasteiger partial charge in [-0.3, -0.25) is 0 Å². The molecule has 0 N–H and O–H groups in total. The van der Waals surface area contributed by atoms with E-state index in [2.05, 4.69) is 21.5 Å². The first-order chi connectivity index (χ1) is 10.2. The number of fused-ring (bicyclic) bond motifs is 1. The topological polar surface area (TPSA) is 30.7 Å². The second kappa shape index (κ2) is 6.12. The van der Waals surface area contributed by atoms with Gasteiger partial charge in [0.15, 0.2) is 0 Å². The SMILES string of the molecule is CC(Cn1c(CCCl)nc2ccc(F)cc21)c1nccs1. The van der Waals surface area contributed by atoms with Gasteiger partial charge in [-0.2, -0.15) is 0 Å². The van der Waals surface area contributed by atoms with Crippen molar-refractivity contribution in [3.05, 3.63) is 46.4 Å². The van der Waals surface area contributed by atoms with Crippen molar-refractivity contribution in [2.24, 2.45) is 0 Å². The van der Waals surface area contributed by atoms with Crippen molar-refractivity contribution in [1.82, 2.24) is 14.5 Å². The first kappa shape index (κ1) is 14.5. The van der Waals surface area contributed by atoms with Gasteiger partial charge in [0.05, 0.1) is 16.0 Å². The fourth-order valence-electron chi connectivity index (χ4n) is 2.45. The summed E-state index contributed by atoms with van der Waals surface area (Å²) < 4.78 is 15.6. The predicted octanol–water partition coefficient (Wildman–Crippen LogP) is 4.22. The van der Waals surface area contributed by atoms with Gasteiger partial charge >= 0.3 is 0 Å². The molecule has 3 rings (SSSR count). The fraction of sp³-hybridized carbons (Fsp3) is 0.333. The number of hydrogen-bond donors (Lipinski definition) is 0. The van der Waals surface area contributed by atoms with Gasteiger partial charge in [0.25, 0.3) is 0 Å². The molecule has 0 aliphatic carbocycles. The molecule has 0 aliphatic rings. The van der Waals surface area contributed by atoms with Crippen molar-refractivity contribution in [2.75, 3.05) is 5.88 Å². The van der Waals surface area contributed by atoms with Crippen LogP contribution in [0.5, 0.6) is 0 Å². The number of thiazole rings is 1. The van der Waals surface area contributed by atoms with Gasteiger partial charge in [-0.05, 0) is 18.2 Å². The van der Waals surface area contributed by atoms with E-state index < -0.39 is 0 Å². The largest absolute Gasteiger partial charge is 0.327 e. The Labute approximate surface area is 131 Å². The van der Waals surface area contributed by atoms with E-state index in [1.54, 1.807) is 17.4 Å². The Morgan fingerprint density at radius 2 is 2.29 bits per heavy atom. The van der Waals surface area contributed by atoms with Crippen LogP contribution in [0.4, 0.5) is 4.39 Å². The Morgan fingerprint density at radius 3 is 3.00 bits per heavy atom. The van der Waals surface area contributed by atoms with Gasteiger partial charge in [0.2, 0.25) is 0 Å². The lowest BCUT2D eigenvalue weighted by atomic mass is 10.2. The fourth-order valence-corrected chi connectivity index (χ4v) is 3.31. The van der Waals surface area contributed by atoms with Crippen LogP contribution in [0.2, 0.25) is 0 Å². The summed E-state index contributed by atoms with van der Waals surface area (Å²) in [5.41, 5.74) is 1.63. The van der Waals surface area contributed by atoms with Crippen molar-refractivity contribution in [3.8, 4) is 0 Å². The molecule has 0 bridgehead atoms. The third-order valence-corrected chi connectivity index (χ3v) is 4.63. The number of benzene rings is 1. The van der Waals surface area contributed by atoms with Crippen LogP contribution in [0.3, 0.4) is 0 Å². The number of imidazole rings is 1. The van der Waals surface area contributed by atoms with Gasteiger partial charge in [-0.1, -0.05) is 6.92 Å². The van der Waals surface area contributed by atoms with Gasteiger partial charge in [0.1, 0.15) is 11.6 Å². The van der Waals surface area contributed by atoms with Gasteiger partial charge < -0.3 is 4.57 Å². The Bertz CT molecular complexity index is 739. The standard InChI is InChI=1S/C15H15ClFN3S/c1-10(15-18-6-7-21-15)9-20-13-8-11(17)2-3-12(13)19-14(20)4-5-16/h2-3,6-8,10H,4-5,9H2,1H3. The van der Waals surface area contributed by atoms with Crippen LogP contribution in [-0.4, -0.2) is 20.4 Å². The van der Waals surface area contributed by atoms with E-state index in [9.17, 15) is 4.39 Å². The highest BCUT2D eigenvalue weighted by Gasteiger charge is 2.16. The van der Waals surface area contributed by atoms with Crippen LogP contribution >= 0.6 is 22.9 Å². The summed E-state index contributed by atoms with van der Waals surface area (Å²) in [5.74, 6) is 1.40. The average molecular weight is 324 g/mol. The molecule has 0 radical (unpaired) electrons. The van der Waals surface area contributed by atoms with Crippen LogP contribution in [0, 0.1) is 5.82 Å². The van der Waals surface area contributed by atoms with E-state index in [4.69, 9.17) is 11.6 Å². The third-order valence-electron chi connectivity index (χ3n) is 3.44. The second-order valence-electron chi connectivity index (χ2n) is 4.98. The number of hydrogen-bond acceptors (Lipinski definition) is 3. The minimum atomic E-state index is -0.247. The first-order valence-electron chi connectivity index (χ1n) is 6.79. The lowest BCUT2D eigenvalue weighted by Gasteiger charge is -2.13. The van der Waals surface area contributed by atoms with Crippen LogP contribution < -0.4 is 0 Å². The zero-order chi connectivity index (χ0) is 14.8. The summed E-state index contributed by atoms with van der Waals surface area (Å²) in [6.07, 6.45) is 2.48. The lowest BCUT2D eigenvalue weighted by Crippen LogP contribution is -2.10. The number of aromatic nitrogens is 3. The van der Waals surface area contributed by atoms with Crippen molar-refractivity contribution >= 4 is 34.0 Å². The van der Waals surface area contributed by atoms with Crippen molar-refractivity contribution in [2.45, 2.75) is 25.8 Å². The summed E-state index contributed by atoms with van der Waals surface area (Å²) in [5, 5.41) is 3.04. The molecule has 3 aromatic rings. The molecular weight excluding hydrogens is 309 g/mol. The molecular formula is C15H15ClFN3S. The van der Waals surface area contributed by atoms with Gasteiger partial charge in [-0.15, -0.1) is 22.9 Å². The quantitative estimate of drug-likeness (QED) is 0.658. The summed E-state index contributed by atoms with van der Waals surface area (Å²) in [6.45, 7) is 2.84. The Balaban J connectivity index is 2.02. The number of rotatable bonds is 5. The van der Waals surface area contributed by atoms with E-state index in [-0.39, 0.29) is 11.7 Å². The number of aryl methyl sites for hydroxylation is 1. The van der Waals surface area contributed by atoms with E-state index in [1.165, 1.54) is 12.1 Å². The Morgan fingerprint density at radius 1 is 1.43 bits per heavy atom. The number of nitrogens with zero attached hydrogens (tertiary/aromatic N) is 3. The minimum Gasteiger partial charge on any atom is -0.327 e. The van der Waals surface area contributed by atoms with E-state index in [0.717, 1.165) is 28.4 Å². The molecule has 6 heteroatoms. The molecule has 0 spiro atoms. The first-order valence-corrected chi connectivity index (χ1v) is 8.20. The Kier molecular flexibility index (Phi) is 4.22. The maximum atomic E-state index is 13.5. The van der Waals surface area contributed by atoms with Crippen LogP contribution in [0.1, 0.15) is 23.7 Å². The lowest BCUT2D eigenvalue weighted by molar-refractivity contribution is 0.583. The van der Waals surface area contributed by atoms with Crippen LogP contribution in [0.25, 0.3) is 11.0 Å². The summed E-state index contributed by atoms with van der Waals surface area (Å²) in [6, 6.07) is 4.69. The molecule has 0 amide bonds. The molecule has 0 fully saturated rings. The maximum Gasteiger partial charge on any atom is 0.125 e. The zero-order valence-electron chi connectivity index (χ0n) is 11.6. The van der Waals surface area contributed by atoms with Crippen molar-refractivity contribution in [1.29, 1.82) is 0 Å². The predicted molar refractivity (Wildman–Crippen MR) is 84.6 cm³/mol. The van der Waals surface area contributed by atoms with Gasteiger partial charge in [-0.25, -0.2) is 14.4 Å². The molecule has 2 heterocycles. The molecule has 2 aromatic heterocycles. The molecule has 0 aliphatic heterocycles. The highest BCUT2D eigenvalue weighted by molar-refractivity contribution is 7.09. The zero-order valence-corrected chi connectivity index (χ0v) is 13.2. The summed E-state index contributed by atoms with van der Waals surface area (Å²) in [7, 11) is 0. The summed E-state index contributed by atoms with van der Waals surface area (Å²) in [4.78, 5) is 8.93.